The summed E-state index contributed by atoms with van der Waals surface area (Å²) in [7, 11) is 0. The van der Waals surface area contributed by atoms with E-state index in [0.717, 1.165) is 18.2 Å². The standard InChI is InChI=1S/C14H17F2N3/c1-2-11(17)6-12-8-19(9-18-12)7-10-4-3-5-13(15)14(10)16/h3-5,8-9,11H,2,6-7,17H2,1H3. The average molecular weight is 265 g/mol. The minimum Gasteiger partial charge on any atom is -0.333 e. The van der Waals surface area contributed by atoms with E-state index < -0.39 is 11.6 Å². The Morgan fingerprint density at radius 3 is 2.89 bits per heavy atom. The summed E-state index contributed by atoms with van der Waals surface area (Å²) in [6.45, 7) is 2.28. The molecule has 0 amide bonds. The minimum atomic E-state index is -0.828. The maximum absolute atomic E-state index is 13.5. The van der Waals surface area contributed by atoms with Crippen molar-refractivity contribution in [3.8, 4) is 0 Å². The fourth-order valence-electron chi connectivity index (χ4n) is 1.88. The van der Waals surface area contributed by atoms with Crippen molar-refractivity contribution in [3.05, 3.63) is 53.6 Å². The molecule has 1 atom stereocenters. The summed E-state index contributed by atoms with van der Waals surface area (Å²) in [4.78, 5) is 4.22. The molecule has 3 nitrogen and oxygen atoms in total. The van der Waals surface area contributed by atoms with E-state index in [1.54, 1.807) is 17.0 Å². The molecule has 0 saturated carbocycles. The normalized spacial score (nSPS) is 12.6. The largest absolute Gasteiger partial charge is 0.333 e. The summed E-state index contributed by atoms with van der Waals surface area (Å²) >= 11 is 0. The topological polar surface area (TPSA) is 43.8 Å². The number of halogens is 2. The molecule has 0 bridgehead atoms. The van der Waals surface area contributed by atoms with Crippen LogP contribution in [-0.2, 0) is 13.0 Å². The van der Waals surface area contributed by atoms with E-state index in [9.17, 15) is 8.78 Å². The third kappa shape index (κ3) is 3.38. The van der Waals surface area contributed by atoms with Crippen LogP contribution in [0.15, 0.2) is 30.7 Å². The number of benzene rings is 1. The molecule has 0 spiro atoms. The first-order chi connectivity index (χ1) is 9.10. The van der Waals surface area contributed by atoms with Gasteiger partial charge in [0.1, 0.15) is 0 Å². The number of imidazole rings is 1. The highest BCUT2D eigenvalue weighted by Crippen LogP contribution is 2.13. The zero-order valence-corrected chi connectivity index (χ0v) is 10.8. The zero-order valence-electron chi connectivity index (χ0n) is 10.8. The Bertz CT molecular complexity index is 551. The summed E-state index contributed by atoms with van der Waals surface area (Å²) in [6, 6.07) is 4.25. The molecular formula is C14H17F2N3. The number of hydrogen-bond acceptors (Lipinski definition) is 2. The molecule has 0 saturated heterocycles. The van der Waals surface area contributed by atoms with Gasteiger partial charge in [-0.15, -0.1) is 0 Å². The van der Waals surface area contributed by atoms with E-state index in [-0.39, 0.29) is 12.6 Å². The molecule has 2 aromatic rings. The van der Waals surface area contributed by atoms with Gasteiger partial charge >= 0.3 is 0 Å². The number of aromatic nitrogens is 2. The highest BCUT2D eigenvalue weighted by atomic mass is 19.2. The quantitative estimate of drug-likeness (QED) is 0.902. The Labute approximate surface area is 111 Å². The van der Waals surface area contributed by atoms with Gasteiger partial charge in [0.25, 0.3) is 0 Å². The Hall–Kier alpha value is -1.75. The first-order valence-electron chi connectivity index (χ1n) is 6.29. The molecule has 1 aromatic heterocycles. The summed E-state index contributed by atoms with van der Waals surface area (Å²) < 4.78 is 28.4. The van der Waals surface area contributed by atoms with Crippen molar-refractivity contribution in [2.75, 3.05) is 0 Å². The lowest BCUT2D eigenvalue weighted by Gasteiger charge is -2.06. The molecule has 0 radical (unpaired) electrons. The van der Waals surface area contributed by atoms with Crippen molar-refractivity contribution < 1.29 is 8.78 Å². The van der Waals surface area contributed by atoms with Crippen molar-refractivity contribution in [2.24, 2.45) is 5.73 Å². The van der Waals surface area contributed by atoms with Gasteiger partial charge in [-0.2, -0.15) is 0 Å². The van der Waals surface area contributed by atoms with Gasteiger partial charge in [0.15, 0.2) is 11.6 Å². The molecule has 19 heavy (non-hydrogen) atoms. The first kappa shape index (κ1) is 13.7. The Morgan fingerprint density at radius 2 is 2.16 bits per heavy atom. The third-order valence-electron chi connectivity index (χ3n) is 3.07. The van der Waals surface area contributed by atoms with Crippen LogP contribution in [0.5, 0.6) is 0 Å². The van der Waals surface area contributed by atoms with Crippen LogP contribution >= 0.6 is 0 Å². The predicted octanol–water partition coefficient (Wildman–Crippen LogP) is 2.49. The van der Waals surface area contributed by atoms with Gasteiger partial charge in [-0.3, -0.25) is 0 Å². The van der Waals surface area contributed by atoms with Crippen LogP contribution in [-0.4, -0.2) is 15.6 Å². The molecule has 5 heteroatoms. The zero-order chi connectivity index (χ0) is 13.8. The predicted molar refractivity (Wildman–Crippen MR) is 69.7 cm³/mol. The lowest BCUT2D eigenvalue weighted by Crippen LogP contribution is -2.21. The Morgan fingerprint density at radius 1 is 1.37 bits per heavy atom. The molecule has 0 aliphatic heterocycles. The van der Waals surface area contributed by atoms with Crippen molar-refractivity contribution in [1.82, 2.24) is 9.55 Å². The third-order valence-corrected chi connectivity index (χ3v) is 3.07. The van der Waals surface area contributed by atoms with Crippen LogP contribution in [0.2, 0.25) is 0 Å². The first-order valence-corrected chi connectivity index (χ1v) is 6.29. The van der Waals surface area contributed by atoms with Crippen LogP contribution in [0.4, 0.5) is 8.78 Å². The van der Waals surface area contributed by atoms with Crippen LogP contribution in [0.3, 0.4) is 0 Å². The van der Waals surface area contributed by atoms with Gasteiger partial charge in [-0.05, 0) is 12.5 Å². The Kier molecular flexibility index (Phi) is 4.27. The van der Waals surface area contributed by atoms with Crippen molar-refractivity contribution in [1.29, 1.82) is 0 Å². The van der Waals surface area contributed by atoms with Gasteiger partial charge in [0.05, 0.1) is 18.6 Å². The van der Waals surface area contributed by atoms with E-state index in [4.69, 9.17) is 5.73 Å². The second-order valence-corrected chi connectivity index (χ2v) is 4.62. The molecule has 0 fully saturated rings. The SMILES string of the molecule is CCC(N)Cc1cn(Cc2cccc(F)c2F)cn1. The van der Waals surface area contributed by atoms with Gasteiger partial charge < -0.3 is 10.3 Å². The molecular weight excluding hydrogens is 248 g/mol. The Balaban J connectivity index is 2.09. The highest BCUT2D eigenvalue weighted by molar-refractivity contribution is 5.19. The number of hydrogen-bond donors (Lipinski definition) is 1. The van der Waals surface area contributed by atoms with E-state index in [2.05, 4.69) is 4.98 Å². The van der Waals surface area contributed by atoms with Crippen molar-refractivity contribution in [2.45, 2.75) is 32.4 Å². The fraction of sp³-hybridized carbons (Fsp3) is 0.357. The van der Waals surface area contributed by atoms with Crippen LogP contribution in [0.1, 0.15) is 24.6 Å². The summed E-state index contributed by atoms with van der Waals surface area (Å²) in [5, 5.41) is 0. The fourth-order valence-corrected chi connectivity index (χ4v) is 1.88. The minimum absolute atomic E-state index is 0.0780. The summed E-state index contributed by atoms with van der Waals surface area (Å²) in [6.07, 6.45) is 5.00. The second kappa shape index (κ2) is 5.93. The van der Waals surface area contributed by atoms with Gasteiger partial charge in [-0.25, -0.2) is 13.8 Å². The summed E-state index contributed by atoms with van der Waals surface area (Å²) in [5.74, 6) is -1.63. The van der Waals surface area contributed by atoms with Crippen molar-refractivity contribution >= 4 is 0 Å². The van der Waals surface area contributed by atoms with E-state index in [1.165, 1.54) is 6.07 Å². The van der Waals surface area contributed by atoms with Crippen LogP contribution in [0, 0.1) is 11.6 Å². The van der Waals surface area contributed by atoms with Gasteiger partial charge in [0.2, 0.25) is 0 Å². The maximum Gasteiger partial charge on any atom is 0.163 e. The maximum atomic E-state index is 13.5. The number of nitrogens with two attached hydrogens (primary N) is 1. The van der Waals surface area contributed by atoms with E-state index in [0.29, 0.717) is 12.0 Å². The van der Waals surface area contributed by atoms with Gasteiger partial charge in [-0.1, -0.05) is 19.1 Å². The smallest absolute Gasteiger partial charge is 0.163 e. The average Bonchev–Trinajstić information content (AvgIpc) is 2.82. The molecule has 0 aliphatic rings. The number of rotatable bonds is 5. The number of nitrogens with zero attached hydrogens (tertiary/aromatic N) is 2. The molecule has 1 heterocycles. The van der Waals surface area contributed by atoms with Crippen molar-refractivity contribution in [3.63, 3.8) is 0 Å². The van der Waals surface area contributed by atoms with Crippen LogP contribution in [0.25, 0.3) is 0 Å². The lowest BCUT2D eigenvalue weighted by atomic mass is 10.1. The molecule has 102 valence electrons. The van der Waals surface area contributed by atoms with E-state index >= 15 is 0 Å². The second-order valence-electron chi connectivity index (χ2n) is 4.62. The molecule has 1 unspecified atom stereocenters. The molecule has 2 N–H and O–H groups in total. The molecule has 1 aromatic carbocycles. The van der Waals surface area contributed by atoms with Gasteiger partial charge in [0, 0.05) is 24.2 Å². The lowest BCUT2D eigenvalue weighted by molar-refractivity contribution is 0.495. The van der Waals surface area contributed by atoms with Crippen LogP contribution < -0.4 is 5.73 Å². The highest BCUT2D eigenvalue weighted by Gasteiger charge is 2.09. The molecule has 2 rings (SSSR count). The molecule has 0 aliphatic carbocycles. The van der Waals surface area contributed by atoms with E-state index in [1.807, 2.05) is 13.1 Å². The monoisotopic (exact) mass is 265 g/mol. The summed E-state index contributed by atoms with van der Waals surface area (Å²) in [5.41, 5.74) is 7.03.